The van der Waals surface area contributed by atoms with Gasteiger partial charge in [-0.15, -0.1) is 0 Å². The third kappa shape index (κ3) is 4.14. The Morgan fingerprint density at radius 3 is 2.59 bits per heavy atom. The van der Waals surface area contributed by atoms with Gasteiger partial charge in [0, 0.05) is 29.6 Å². The molecule has 0 bridgehead atoms. The highest BCUT2D eigenvalue weighted by molar-refractivity contribution is 5.80. The lowest BCUT2D eigenvalue weighted by Crippen LogP contribution is -2.20. The van der Waals surface area contributed by atoms with E-state index in [0.29, 0.717) is 12.1 Å². The maximum atomic E-state index is 12.0. The fraction of sp³-hybridized carbons (Fsp3) is 0.318. The van der Waals surface area contributed by atoms with Crippen molar-refractivity contribution in [2.45, 2.75) is 32.9 Å². The highest BCUT2D eigenvalue weighted by Crippen LogP contribution is 2.29. The molecule has 1 atom stereocenters. The Labute approximate surface area is 158 Å². The standard InChI is InChI=1S/C22H25NO4/c1-5-15-6-8-18-16(11-22(24)27-21(18)10-15)13-23-14(2)19-12-17(25-3)7-9-20(19)26-4/h6-12,14,23H,5,13H2,1-4H3. The minimum atomic E-state index is -0.334. The van der Waals surface area contributed by atoms with Crippen molar-refractivity contribution >= 4 is 11.0 Å². The third-order valence-electron chi connectivity index (χ3n) is 4.80. The monoisotopic (exact) mass is 367 g/mol. The first-order valence-electron chi connectivity index (χ1n) is 9.06. The van der Waals surface area contributed by atoms with Crippen LogP contribution >= 0.6 is 0 Å². The van der Waals surface area contributed by atoms with Crippen molar-refractivity contribution in [3.8, 4) is 11.5 Å². The van der Waals surface area contributed by atoms with Crippen LogP contribution in [-0.2, 0) is 13.0 Å². The Morgan fingerprint density at radius 1 is 1.07 bits per heavy atom. The van der Waals surface area contributed by atoms with Crippen LogP contribution in [-0.4, -0.2) is 14.2 Å². The first-order chi connectivity index (χ1) is 13.0. The average Bonchev–Trinajstić information content (AvgIpc) is 2.70. The smallest absolute Gasteiger partial charge is 0.336 e. The van der Waals surface area contributed by atoms with E-state index in [2.05, 4.69) is 25.2 Å². The topological polar surface area (TPSA) is 60.7 Å². The lowest BCUT2D eigenvalue weighted by Gasteiger charge is -2.18. The first kappa shape index (κ1) is 19.0. The quantitative estimate of drug-likeness (QED) is 0.634. The molecule has 0 saturated heterocycles. The van der Waals surface area contributed by atoms with E-state index in [0.717, 1.165) is 40.0 Å². The summed E-state index contributed by atoms with van der Waals surface area (Å²) >= 11 is 0. The van der Waals surface area contributed by atoms with Crippen molar-refractivity contribution < 1.29 is 13.9 Å². The number of nitrogens with one attached hydrogen (secondary N) is 1. The van der Waals surface area contributed by atoms with Crippen LogP contribution in [0.5, 0.6) is 11.5 Å². The maximum absolute atomic E-state index is 12.0. The predicted molar refractivity (Wildman–Crippen MR) is 107 cm³/mol. The fourth-order valence-electron chi connectivity index (χ4n) is 3.19. The summed E-state index contributed by atoms with van der Waals surface area (Å²) in [4.78, 5) is 12.0. The molecule has 0 saturated carbocycles. The molecule has 1 heterocycles. The van der Waals surface area contributed by atoms with E-state index in [4.69, 9.17) is 13.9 Å². The molecule has 1 N–H and O–H groups in total. The summed E-state index contributed by atoms with van der Waals surface area (Å²) in [6, 6.07) is 13.3. The van der Waals surface area contributed by atoms with Crippen LogP contribution in [0.3, 0.4) is 0 Å². The number of hydrogen-bond donors (Lipinski definition) is 1. The number of aryl methyl sites for hydroxylation is 1. The first-order valence-corrected chi connectivity index (χ1v) is 9.06. The predicted octanol–water partition coefficient (Wildman–Crippen LogP) is 4.22. The summed E-state index contributed by atoms with van der Waals surface area (Å²) in [6.07, 6.45) is 0.898. The lowest BCUT2D eigenvalue weighted by atomic mass is 10.0. The van der Waals surface area contributed by atoms with Gasteiger partial charge in [-0.3, -0.25) is 0 Å². The molecule has 5 heteroatoms. The van der Waals surface area contributed by atoms with Crippen LogP contribution in [0, 0.1) is 0 Å². The minimum Gasteiger partial charge on any atom is -0.497 e. The van der Waals surface area contributed by atoms with Crippen molar-refractivity contribution in [1.29, 1.82) is 0 Å². The van der Waals surface area contributed by atoms with Gasteiger partial charge in [0.2, 0.25) is 0 Å². The zero-order valence-electron chi connectivity index (χ0n) is 16.2. The Morgan fingerprint density at radius 2 is 1.89 bits per heavy atom. The Balaban J connectivity index is 1.87. The molecule has 27 heavy (non-hydrogen) atoms. The van der Waals surface area contributed by atoms with E-state index in [9.17, 15) is 4.79 Å². The molecule has 3 rings (SSSR count). The van der Waals surface area contributed by atoms with E-state index in [1.165, 1.54) is 0 Å². The molecule has 0 radical (unpaired) electrons. The largest absolute Gasteiger partial charge is 0.497 e. The van der Waals surface area contributed by atoms with Gasteiger partial charge in [-0.1, -0.05) is 19.1 Å². The van der Waals surface area contributed by atoms with Gasteiger partial charge < -0.3 is 19.2 Å². The van der Waals surface area contributed by atoms with Crippen LogP contribution in [0.2, 0.25) is 0 Å². The van der Waals surface area contributed by atoms with Gasteiger partial charge in [-0.2, -0.15) is 0 Å². The van der Waals surface area contributed by atoms with Gasteiger partial charge >= 0.3 is 5.63 Å². The molecule has 0 aliphatic rings. The van der Waals surface area contributed by atoms with E-state index in [1.54, 1.807) is 20.3 Å². The van der Waals surface area contributed by atoms with Gasteiger partial charge in [0.1, 0.15) is 17.1 Å². The van der Waals surface area contributed by atoms with Crippen molar-refractivity contribution in [3.63, 3.8) is 0 Å². The molecular formula is C22H25NO4. The molecule has 1 aromatic heterocycles. The van der Waals surface area contributed by atoms with Gasteiger partial charge in [0.05, 0.1) is 14.2 Å². The minimum absolute atomic E-state index is 0.00672. The molecular weight excluding hydrogens is 342 g/mol. The highest BCUT2D eigenvalue weighted by Gasteiger charge is 2.14. The fourth-order valence-corrected chi connectivity index (χ4v) is 3.19. The number of methoxy groups -OCH3 is 2. The van der Waals surface area contributed by atoms with Crippen LogP contribution in [0.1, 0.15) is 36.6 Å². The second kappa shape index (κ2) is 8.27. The second-order valence-electron chi connectivity index (χ2n) is 6.49. The van der Waals surface area contributed by atoms with E-state index >= 15 is 0 Å². The maximum Gasteiger partial charge on any atom is 0.336 e. The van der Waals surface area contributed by atoms with Crippen molar-refractivity contribution in [1.82, 2.24) is 5.32 Å². The molecule has 0 amide bonds. The summed E-state index contributed by atoms with van der Waals surface area (Å²) in [5, 5.41) is 4.42. The molecule has 1 unspecified atom stereocenters. The molecule has 2 aromatic carbocycles. The van der Waals surface area contributed by atoms with E-state index in [1.807, 2.05) is 30.3 Å². The molecule has 0 fully saturated rings. The van der Waals surface area contributed by atoms with E-state index < -0.39 is 0 Å². The van der Waals surface area contributed by atoms with Crippen LogP contribution in [0.4, 0.5) is 0 Å². The Hall–Kier alpha value is -2.79. The Kier molecular flexibility index (Phi) is 5.81. The number of hydrogen-bond acceptors (Lipinski definition) is 5. The van der Waals surface area contributed by atoms with Gasteiger partial charge in [-0.25, -0.2) is 4.79 Å². The zero-order chi connectivity index (χ0) is 19.4. The van der Waals surface area contributed by atoms with E-state index in [-0.39, 0.29) is 11.7 Å². The molecule has 0 spiro atoms. The summed E-state index contributed by atoms with van der Waals surface area (Å²) in [6.45, 7) is 4.67. The summed E-state index contributed by atoms with van der Waals surface area (Å²) < 4.78 is 16.2. The number of fused-ring (bicyclic) bond motifs is 1. The lowest BCUT2D eigenvalue weighted by molar-refractivity contribution is 0.391. The molecule has 142 valence electrons. The van der Waals surface area contributed by atoms with Crippen molar-refractivity contribution in [2.24, 2.45) is 0 Å². The molecule has 0 aliphatic heterocycles. The summed E-state index contributed by atoms with van der Waals surface area (Å²) in [7, 11) is 3.29. The highest BCUT2D eigenvalue weighted by atomic mass is 16.5. The summed E-state index contributed by atoms with van der Waals surface area (Å²) in [5.74, 6) is 1.57. The number of ether oxygens (including phenoxy) is 2. The molecule has 0 aliphatic carbocycles. The normalized spacial score (nSPS) is 12.1. The number of benzene rings is 2. The SMILES string of the molecule is CCc1ccc2c(CNC(C)c3cc(OC)ccc3OC)cc(=O)oc2c1. The number of rotatable bonds is 7. The van der Waals surface area contributed by atoms with Gasteiger partial charge in [0.25, 0.3) is 0 Å². The zero-order valence-corrected chi connectivity index (χ0v) is 16.2. The average molecular weight is 367 g/mol. The van der Waals surface area contributed by atoms with Gasteiger partial charge in [0.15, 0.2) is 0 Å². The van der Waals surface area contributed by atoms with Gasteiger partial charge in [-0.05, 0) is 48.7 Å². The third-order valence-corrected chi connectivity index (χ3v) is 4.80. The molecule has 5 nitrogen and oxygen atoms in total. The summed E-state index contributed by atoms with van der Waals surface area (Å²) in [5.41, 5.74) is 3.35. The van der Waals surface area contributed by atoms with Crippen molar-refractivity contribution in [3.05, 3.63) is 69.6 Å². The Bertz CT molecular complexity index is 993. The van der Waals surface area contributed by atoms with Crippen molar-refractivity contribution in [2.75, 3.05) is 14.2 Å². The van der Waals surface area contributed by atoms with Crippen LogP contribution in [0.15, 0.2) is 51.7 Å². The van der Waals surface area contributed by atoms with Crippen LogP contribution in [0.25, 0.3) is 11.0 Å². The van der Waals surface area contributed by atoms with Crippen LogP contribution < -0.4 is 20.4 Å². The molecule has 3 aromatic rings. The second-order valence-corrected chi connectivity index (χ2v) is 6.49.